The Bertz CT molecular complexity index is 577. The molecule has 0 aromatic heterocycles. The molecule has 0 aliphatic rings. The van der Waals surface area contributed by atoms with Gasteiger partial charge >= 0.3 is 6.09 Å². The van der Waals surface area contributed by atoms with Gasteiger partial charge in [0.1, 0.15) is 5.60 Å². The van der Waals surface area contributed by atoms with Crippen molar-refractivity contribution >= 4 is 32.8 Å². The predicted molar refractivity (Wildman–Crippen MR) is 109 cm³/mol. The van der Waals surface area contributed by atoms with Crippen molar-refractivity contribution in [2.24, 2.45) is 0 Å². The van der Waals surface area contributed by atoms with Crippen molar-refractivity contribution in [3.05, 3.63) is 30.3 Å². The van der Waals surface area contributed by atoms with Gasteiger partial charge in [0.15, 0.2) is 0 Å². The summed E-state index contributed by atoms with van der Waals surface area (Å²) in [5.41, 5.74) is -0.629. The van der Waals surface area contributed by atoms with E-state index in [2.05, 4.69) is 28.2 Å². The van der Waals surface area contributed by atoms with E-state index in [1.54, 1.807) is 32.9 Å². The highest BCUT2D eigenvalue weighted by atomic mass is 79.9. The first-order chi connectivity index (χ1) is 12.1. The van der Waals surface area contributed by atoms with Crippen molar-refractivity contribution in [1.82, 2.24) is 5.32 Å². The molecule has 0 spiro atoms. The SMILES string of the molecule is CCCC[C@H](O)[C@@H](Br)[C@H](CS(=O)c1ccccc1)NC(=O)OC(C)(C)C. The van der Waals surface area contributed by atoms with Gasteiger partial charge in [0.2, 0.25) is 0 Å². The highest BCUT2D eigenvalue weighted by molar-refractivity contribution is 9.09. The Balaban J connectivity index is 2.86. The lowest BCUT2D eigenvalue weighted by atomic mass is 10.1. The third kappa shape index (κ3) is 8.64. The molecule has 0 aliphatic heterocycles. The Hall–Kier alpha value is -0.920. The van der Waals surface area contributed by atoms with Gasteiger partial charge in [0.05, 0.1) is 27.8 Å². The van der Waals surface area contributed by atoms with Gasteiger partial charge in [0.25, 0.3) is 0 Å². The summed E-state index contributed by atoms with van der Waals surface area (Å²) >= 11 is 3.49. The van der Waals surface area contributed by atoms with Gasteiger partial charge in [-0.05, 0) is 39.3 Å². The van der Waals surface area contributed by atoms with Crippen LogP contribution in [0.4, 0.5) is 4.79 Å². The predicted octanol–water partition coefficient (Wildman–Crippen LogP) is 4.00. The third-order valence-electron chi connectivity index (χ3n) is 3.64. The zero-order chi connectivity index (χ0) is 19.7. The first-order valence-corrected chi connectivity index (χ1v) is 11.1. The van der Waals surface area contributed by atoms with Crippen LogP contribution in [0.25, 0.3) is 0 Å². The minimum absolute atomic E-state index is 0.183. The molecule has 0 heterocycles. The van der Waals surface area contributed by atoms with Crippen LogP contribution in [-0.4, -0.2) is 43.7 Å². The van der Waals surface area contributed by atoms with E-state index in [0.717, 1.165) is 12.8 Å². The summed E-state index contributed by atoms with van der Waals surface area (Å²) in [6.45, 7) is 7.40. The summed E-state index contributed by atoms with van der Waals surface area (Å²) < 4.78 is 18.0. The number of hydrogen-bond donors (Lipinski definition) is 2. The Morgan fingerprint density at radius 3 is 2.46 bits per heavy atom. The van der Waals surface area contributed by atoms with Crippen LogP contribution in [0.5, 0.6) is 0 Å². The molecule has 0 saturated heterocycles. The van der Waals surface area contributed by atoms with Gasteiger partial charge in [0, 0.05) is 10.6 Å². The fourth-order valence-electron chi connectivity index (χ4n) is 2.34. The number of ether oxygens (including phenoxy) is 1. The van der Waals surface area contributed by atoms with E-state index >= 15 is 0 Å². The smallest absolute Gasteiger partial charge is 0.407 e. The minimum atomic E-state index is -1.31. The average molecular weight is 448 g/mol. The molecule has 2 N–H and O–H groups in total. The maximum absolute atomic E-state index is 12.7. The van der Waals surface area contributed by atoms with Crippen LogP contribution in [0.1, 0.15) is 47.0 Å². The van der Waals surface area contributed by atoms with Crippen LogP contribution in [0, 0.1) is 0 Å². The number of halogens is 1. The summed E-state index contributed by atoms with van der Waals surface area (Å²) in [5.74, 6) is 0.183. The molecule has 1 rings (SSSR count). The molecule has 0 bridgehead atoms. The molecular weight excluding hydrogens is 418 g/mol. The van der Waals surface area contributed by atoms with Crippen LogP contribution in [-0.2, 0) is 15.5 Å². The van der Waals surface area contributed by atoms with Gasteiger partial charge < -0.3 is 15.2 Å². The molecule has 4 atom stereocenters. The standard InChI is InChI=1S/C19H30BrNO4S/c1-5-6-12-16(22)17(20)15(21-18(23)25-19(2,3)4)13-26(24)14-10-8-7-9-11-14/h7-11,15-17,22H,5-6,12-13H2,1-4H3,(H,21,23)/t15-,16-,17-,26?/m0/s1. The minimum Gasteiger partial charge on any atom is -0.444 e. The molecule has 1 unspecified atom stereocenters. The van der Waals surface area contributed by atoms with E-state index in [1.165, 1.54) is 0 Å². The van der Waals surface area contributed by atoms with Crippen LogP contribution in [0.15, 0.2) is 35.2 Å². The lowest BCUT2D eigenvalue weighted by Crippen LogP contribution is -2.50. The lowest BCUT2D eigenvalue weighted by molar-refractivity contribution is 0.0494. The van der Waals surface area contributed by atoms with Crippen LogP contribution < -0.4 is 5.32 Å². The molecule has 1 amide bonds. The van der Waals surface area contributed by atoms with Crippen LogP contribution in [0.2, 0.25) is 0 Å². The van der Waals surface area contributed by atoms with E-state index in [-0.39, 0.29) is 5.75 Å². The quantitative estimate of drug-likeness (QED) is 0.560. The normalized spacial score (nSPS) is 16.4. The Kier molecular flexibility index (Phi) is 9.82. The number of alkyl carbamates (subject to hydrolysis) is 1. The van der Waals surface area contributed by atoms with Crippen molar-refractivity contribution in [3.63, 3.8) is 0 Å². The topological polar surface area (TPSA) is 75.6 Å². The molecule has 1 aromatic carbocycles. The van der Waals surface area contributed by atoms with Gasteiger partial charge in [-0.15, -0.1) is 0 Å². The second-order valence-corrected chi connectivity index (χ2v) is 9.79. The monoisotopic (exact) mass is 447 g/mol. The molecule has 0 saturated carbocycles. The summed E-state index contributed by atoms with van der Waals surface area (Å²) in [4.78, 5) is 12.5. The number of hydrogen-bond acceptors (Lipinski definition) is 4. The zero-order valence-corrected chi connectivity index (χ0v) is 18.3. The Morgan fingerprint density at radius 2 is 1.92 bits per heavy atom. The number of carbonyl (C=O) groups is 1. The summed E-state index contributed by atoms with van der Waals surface area (Å²) in [6.07, 6.45) is 1.22. The van der Waals surface area contributed by atoms with Crippen LogP contribution in [0.3, 0.4) is 0 Å². The number of nitrogens with one attached hydrogen (secondary N) is 1. The number of rotatable bonds is 9. The number of benzene rings is 1. The molecule has 148 valence electrons. The van der Waals surface area contributed by atoms with Crippen molar-refractivity contribution in [3.8, 4) is 0 Å². The molecular formula is C19H30BrNO4S. The summed E-state index contributed by atoms with van der Waals surface area (Å²) in [6, 6.07) is 8.56. The summed E-state index contributed by atoms with van der Waals surface area (Å²) in [5, 5.41) is 13.2. The number of aliphatic hydroxyl groups excluding tert-OH is 1. The molecule has 26 heavy (non-hydrogen) atoms. The van der Waals surface area contributed by atoms with Gasteiger partial charge in [-0.2, -0.15) is 0 Å². The number of alkyl halides is 1. The maximum atomic E-state index is 12.7. The largest absolute Gasteiger partial charge is 0.444 e. The second-order valence-electron chi connectivity index (χ2n) is 7.23. The first kappa shape index (κ1) is 23.1. The molecule has 7 heteroatoms. The van der Waals surface area contributed by atoms with Crippen LogP contribution >= 0.6 is 15.9 Å². The highest BCUT2D eigenvalue weighted by Gasteiger charge is 2.30. The average Bonchev–Trinajstić information content (AvgIpc) is 2.57. The van der Waals surface area contributed by atoms with E-state index in [1.807, 2.05) is 18.2 Å². The lowest BCUT2D eigenvalue weighted by Gasteiger charge is -2.29. The number of amides is 1. The maximum Gasteiger partial charge on any atom is 0.407 e. The fourth-order valence-corrected chi connectivity index (χ4v) is 4.45. The van der Waals surface area contributed by atoms with Crippen molar-refractivity contribution in [1.29, 1.82) is 0 Å². The van der Waals surface area contributed by atoms with Gasteiger partial charge in [-0.3, -0.25) is 4.21 Å². The molecule has 0 aliphatic carbocycles. The van der Waals surface area contributed by atoms with E-state index in [0.29, 0.717) is 11.3 Å². The Morgan fingerprint density at radius 1 is 1.31 bits per heavy atom. The number of aliphatic hydroxyl groups is 1. The number of carbonyl (C=O) groups excluding carboxylic acids is 1. The number of unbranched alkanes of at least 4 members (excludes halogenated alkanes) is 1. The van der Waals surface area contributed by atoms with E-state index in [9.17, 15) is 14.1 Å². The molecule has 1 aromatic rings. The Labute approximate surface area is 167 Å². The van der Waals surface area contributed by atoms with Gasteiger partial charge in [-0.1, -0.05) is 53.9 Å². The highest BCUT2D eigenvalue weighted by Crippen LogP contribution is 2.19. The van der Waals surface area contributed by atoms with Crippen molar-refractivity contribution in [2.45, 2.75) is 74.4 Å². The molecule has 0 radical (unpaired) electrons. The molecule has 0 fully saturated rings. The molecule has 5 nitrogen and oxygen atoms in total. The third-order valence-corrected chi connectivity index (χ3v) is 6.35. The zero-order valence-electron chi connectivity index (χ0n) is 15.9. The van der Waals surface area contributed by atoms with E-state index in [4.69, 9.17) is 4.74 Å². The first-order valence-electron chi connectivity index (χ1n) is 8.89. The van der Waals surface area contributed by atoms with Crippen molar-refractivity contribution < 1.29 is 18.8 Å². The van der Waals surface area contributed by atoms with Gasteiger partial charge in [-0.25, -0.2) is 4.79 Å². The van der Waals surface area contributed by atoms with Crippen molar-refractivity contribution in [2.75, 3.05) is 5.75 Å². The van der Waals surface area contributed by atoms with E-state index < -0.39 is 39.5 Å². The summed E-state index contributed by atoms with van der Waals surface area (Å²) in [7, 11) is -1.31. The fraction of sp³-hybridized carbons (Fsp3) is 0.632. The second kappa shape index (κ2) is 11.0.